The third-order valence-corrected chi connectivity index (χ3v) is 20.4. The quantitative estimate of drug-likeness (QED) is 0.125. The molecule has 0 amide bonds. The second-order valence-corrected chi connectivity index (χ2v) is 26.5. The largest absolute Gasteiger partial charge is 0.456 e. The summed E-state index contributed by atoms with van der Waals surface area (Å²) in [5.74, 6) is 1.89. The number of aryl methyl sites for hydroxylation is 14. The van der Waals surface area contributed by atoms with Crippen molar-refractivity contribution in [3.05, 3.63) is 246 Å². The number of aromatic nitrogens is 18. The molecule has 0 spiro atoms. The number of nitrogens with zero attached hydrogens (tertiary/aromatic N) is 18. The first-order valence-corrected chi connectivity index (χ1v) is 45.4. The molecule has 20 heteroatoms. The maximum atomic E-state index is 5.90. The fraction of sp³-hybridized carbons (Fsp3) is 0.392. The highest BCUT2D eigenvalue weighted by Gasteiger charge is 2.26. The van der Waals surface area contributed by atoms with Crippen molar-refractivity contribution in [2.45, 2.75) is 235 Å². The zero-order valence-corrected chi connectivity index (χ0v) is 83.1. The summed E-state index contributed by atoms with van der Waals surface area (Å²) in [5, 5.41) is 11.5. The maximum Gasteiger partial charge on any atom is 0.316 e. The van der Waals surface area contributed by atoms with E-state index in [-0.39, 0.29) is 0 Å². The molecule has 8 aromatic carbocycles. The molecular weight excluding hydrogens is 1530 g/mol. The van der Waals surface area contributed by atoms with E-state index in [4.69, 9.17) is 9.40 Å². The highest BCUT2D eigenvalue weighted by Crippen LogP contribution is 2.39. The van der Waals surface area contributed by atoms with E-state index < -0.39 is 0 Å². The van der Waals surface area contributed by atoms with E-state index in [1.54, 1.807) is 25.2 Å². The molecule has 0 N–H and O–H groups in total. The van der Waals surface area contributed by atoms with E-state index in [0.29, 0.717) is 0 Å². The lowest BCUT2D eigenvalue weighted by atomic mass is 9.90. The van der Waals surface area contributed by atoms with Gasteiger partial charge in [-0.15, -0.1) is 34.6 Å². The molecule has 0 bridgehead atoms. The molecule has 656 valence electrons. The van der Waals surface area contributed by atoms with Gasteiger partial charge < -0.3 is 8.98 Å². The fourth-order valence-electron chi connectivity index (χ4n) is 13.6. The molecule has 19 nitrogen and oxygen atoms in total. The van der Waals surface area contributed by atoms with Crippen LogP contribution in [0, 0.1) is 69.2 Å². The molecule has 10 heterocycles. The summed E-state index contributed by atoms with van der Waals surface area (Å²) in [4.78, 5) is 29.6. The minimum atomic E-state index is 0.856. The summed E-state index contributed by atoms with van der Waals surface area (Å²) in [5.41, 5.74) is 21.6. The van der Waals surface area contributed by atoms with Gasteiger partial charge in [0.1, 0.15) is 52.7 Å². The summed E-state index contributed by atoms with van der Waals surface area (Å²) >= 11 is 1.85. The van der Waals surface area contributed by atoms with Crippen molar-refractivity contribution in [1.29, 1.82) is 0 Å². The number of furan rings is 1. The third kappa shape index (κ3) is 23.5. The van der Waals surface area contributed by atoms with Crippen LogP contribution in [0.5, 0.6) is 0 Å². The average Bonchev–Trinajstić information content (AvgIpc) is 1.38. The number of fused-ring (bicyclic) bond motifs is 15. The number of hydrogen-bond donors (Lipinski definition) is 0. The Bertz CT molecular complexity index is 5980. The number of hydrogen-bond acceptors (Lipinski definition) is 9. The topological polar surface area (TPSA) is 152 Å². The predicted molar refractivity (Wildman–Crippen MR) is 524 cm³/mol. The van der Waals surface area contributed by atoms with Gasteiger partial charge in [-0.2, -0.15) is 23.4 Å². The number of benzene rings is 8. The minimum Gasteiger partial charge on any atom is -0.456 e. The number of para-hydroxylation sites is 3. The molecule has 0 aliphatic heterocycles. The molecular formula is C102H151N18OS+5. The smallest absolute Gasteiger partial charge is 0.316 e. The predicted octanol–water partition coefficient (Wildman–Crippen LogP) is 25.4. The molecule has 10 aromatic heterocycles. The van der Waals surface area contributed by atoms with E-state index >= 15 is 0 Å². The number of rotatable bonds is 4. The highest BCUT2D eigenvalue weighted by molar-refractivity contribution is 7.25. The second kappa shape index (κ2) is 53.9. The molecule has 0 unspecified atom stereocenters. The zero-order chi connectivity index (χ0) is 92.5. The first kappa shape index (κ1) is 106. The molecule has 122 heavy (non-hydrogen) atoms. The number of pyridine rings is 1. The summed E-state index contributed by atoms with van der Waals surface area (Å²) in [6, 6.07) is 45.2. The summed E-state index contributed by atoms with van der Waals surface area (Å²) in [6.07, 6.45) is 17.7. The van der Waals surface area contributed by atoms with E-state index in [0.717, 1.165) is 56.0 Å². The van der Waals surface area contributed by atoms with Crippen LogP contribution in [0.2, 0.25) is 0 Å². The van der Waals surface area contributed by atoms with E-state index in [2.05, 4.69) is 239 Å². The first-order chi connectivity index (χ1) is 59.3. The monoisotopic (exact) mass is 1680 g/mol. The van der Waals surface area contributed by atoms with Crippen LogP contribution in [0.15, 0.2) is 195 Å². The Balaban J connectivity index is 0.000000489. The first-order valence-electron chi connectivity index (χ1n) is 44.6. The maximum absolute atomic E-state index is 5.90. The van der Waals surface area contributed by atoms with Gasteiger partial charge in [0.15, 0.2) is 5.82 Å². The van der Waals surface area contributed by atoms with Gasteiger partial charge in [-0.3, -0.25) is 0 Å². The van der Waals surface area contributed by atoms with Crippen LogP contribution in [0.4, 0.5) is 0 Å². The van der Waals surface area contributed by atoms with Crippen molar-refractivity contribution in [3.8, 4) is 22.9 Å². The molecule has 0 aliphatic rings. The van der Waals surface area contributed by atoms with Gasteiger partial charge in [-0.05, 0) is 186 Å². The van der Waals surface area contributed by atoms with Gasteiger partial charge in [0.25, 0.3) is 5.65 Å². The van der Waals surface area contributed by atoms with Crippen molar-refractivity contribution in [2.75, 3.05) is 0 Å². The lowest BCUT2D eigenvalue weighted by molar-refractivity contribution is -0.745. The van der Waals surface area contributed by atoms with Gasteiger partial charge >= 0.3 is 31.1 Å². The molecule has 0 atom stereocenters. The van der Waals surface area contributed by atoms with Crippen molar-refractivity contribution in [2.24, 2.45) is 42.3 Å². The van der Waals surface area contributed by atoms with Gasteiger partial charge in [0.2, 0.25) is 25.3 Å². The van der Waals surface area contributed by atoms with E-state index in [9.17, 15) is 0 Å². The van der Waals surface area contributed by atoms with Crippen molar-refractivity contribution >= 4 is 103 Å². The van der Waals surface area contributed by atoms with Gasteiger partial charge in [-0.25, -0.2) is 9.97 Å². The number of thiophene rings is 1. The Kier molecular flexibility index (Phi) is 47.0. The SMILES string of the molecule is CC.CC.CC.CC.CC.CC.CC.CC.CC.CC.CC.CC.Cc1c(C)c(C)c2c(c1C)c1cccc(C)c1n1c2nc(C)[n+]1C.Cc1cc2c(cc1-n1cnc[n+]1C)c1ccccc1n2C.Cc1cc2oc3ccccc3c2cc1-n1cnc[n+]1C.Cc1cc2sc3ccccc3c2cc1-n1cnc[n+]1C.Cc1cncnc1-n1cnc[n+]1C. The van der Waals surface area contributed by atoms with Gasteiger partial charge in [-0.1, -0.05) is 239 Å². The van der Waals surface area contributed by atoms with Gasteiger partial charge in [0.05, 0.1) is 28.0 Å². The molecule has 18 rings (SSSR count). The Morgan fingerprint density at radius 2 is 0.762 bits per heavy atom. The molecule has 0 aliphatic carbocycles. The Morgan fingerprint density at radius 3 is 1.26 bits per heavy atom. The molecule has 0 saturated carbocycles. The van der Waals surface area contributed by atoms with Crippen LogP contribution < -0.4 is 23.4 Å². The fourth-order valence-corrected chi connectivity index (χ4v) is 14.8. The third-order valence-electron chi connectivity index (χ3n) is 19.3. The molecule has 0 radical (unpaired) electrons. The Morgan fingerprint density at radius 1 is 0.336 bits per heavy atom. The van der Waals surface area contributed by atoms with Crippen LogP contribution in [0.1, 0.15) is 222 Å². The summed E-state index contributed by atoms with van der Waals surface area (Å²) in [7, 11) is 12.1. The van der Waals surface area contributed by atoms with Crippen LogP contribution in [0.25, 0.3) is 114 Å². The Labute approximate surface area is 735 Å². The van der Waals surface area contributed by atoms with Crippen molar-refractivity contribution in [1.82, 2.24) is 62.7 Å². The highest BCUT2D eigenvalue weighted by atomic mass is 32.1. The van der Waals surface area contributed by atoms with E-state index in [1.807, 2.05) is 291 Å². The lowest BCUT2D eigenvalue weighted by Gasteiger charge is -2.16. The van der Waals surface area contributed by atoms with Crippen LogP contribution in [-0.2, 0) is 42.3 Å². The minimum absolute atomic E-state index is 0.856. The van der Waals surface area contributed by atoms with Crippen LogP contribution in [-0.4, -0.2) is 62.7 Å². The summed E-state index contributed by atoms with van der Waals surface area (Å²) in [6.45, 7) is 69.6. The van der Waals surface area contributed by atoms with Crippen LogP contribution >= 0.6 is 11.3 Å². The summed E-state index contributed by atoms with van der Waals surface area (Å²) < 4.78 is 31.1. The molecule has 18 aromatic rings. The standard InChI is InChI=1S/C21H24N3.C17H17N4.C16H14N3O.C16H14N3S.C8H10N5.12C2H6/c1-11-9-8-10-17-18-14(4)12(2)13(3)15(5)19(18)21-22-16(6)23(7)24(21)20(11)17;1-12-8-17-14(9-16(12)21-11-18-10-19(21)2)13-6-4-5-7-15(13)20(17)3;2*1-11-7-16-13(12-5-3-4-6-15(12)20-16)8-14(11)19-10-17-9-18(19)2;1-7-3-9-4-11-8(7)13-6-10-5-12(13)2;12*1-2/h8-10H,1-7H3;4-11H,1-3H3;2*3-10H,1-2H3;3-6H,1-2H3;12*1-2H3/q5*+1;;;;;;;;;;;;. The van der Waals surface area contributed by atoms with Crippen molar-refractivity contribution in [3.63, 3.8) is 0 Å². The lowest BCUT2D eigenvalue weighted by Crippen LogP contribution is -2.37. The van der Waals surface area contributed by atoms with Gasteiger partial charge in [0, 0.05) is 89.3 Å². The second-order valence-electron chi connectivity index (χ2n) is 25.5. The normalized spacial score (nSPS) is 9.80. The van der Waals surface area contributed by atoms with Crippen LogP contribution in [0.3, 0.4) is 0 Å². The molecule has 0 saturated heterocycles. The van der Waals surface area contributed by atoms with Crippen molar-refractivity contribution < 1.29 is 27.8 Å². The average molecular weight is 1680 g/mol. The molecule has 0 fully saturated rings. The van der Waals surface area contributed by atoms with E-state index in [1.165, 1.54) is 120 Å². The zero-order valence-electron chi connectivity index (χ0n) is 82.3. The Hall–Kier alpha value is -11.6.